The van der Waals surface area contributed by atoms with E-state index in [1.165, 1.54) is 6.07 Å². The molecule has 0 bridgehead atoms. The van der Waals surface area contributed by atoms with Gasteiger partial charge in [-0.2, -0.15) is 8.42 Å². The van der Waals surface area contributed by atoms with Crippen LogP contribution in [0.3, 0.4) is 0 Å². The van der Waals surface area contributed by atoms with Crippen LogP contribution in [-0.4, -0.2) is 18.6 Å². The summed E-state index contributed by atoms with van der Waals surface area (Å²) in [5, 5.41) is 19.2. The van der Waals surface area contributed by atoms with Gasteiger partial charge in [0.25, 0.3) is 0 Å². The van der Waals surface area contributed by atoms with Crippen molar-refractivity contribution >= 4 is 10.1 Å². The van der Waals surface area contributed by atoms with E-state index in [9.17, 15) is 18.6 Å². The molecule has 0 spiro atoms. The minimum Gasteiger partial charge on any atom is -0.508 e. The van der Waals surface area contributed by atoms with Crippen LogP contribution < -0.4 is 4.18 Å². The molecule has 2 aromatic carbocycles. The second-order valence-electron chi connectivity index (χ2n) is 5.42. The molecule has 0 saturated heterocycles. The van der Waals surface area contributed by atoms with E-state index in [1.54, 1.807) is 12.1 Å². The van der Waals surface area contributed by atoms with Crippen LogP contribution in [0.2, 0.25) is 0 Å². The Labute approximate surface area is 136 Å². The van der Waals surface area contributed by atoms with E-state index in [0.29, 0.717) is 0 Å². The van der Waals surface area contributed by atoms with Gasteiger partial charge in [0.2, 0.25) is 0 Å². The average molecular weight is 336 g/mol. The normalized spacial score (nSPS) is 12.8. The summed E-state index contributed by atoms with van der Waals surface area (Å²) in [7, 11) is -4.25. The number of hydrogen-bond acceptors (Lipinski definition) is 5. The van der Waals surface area contributed by atoms with Gasteiger partial charge in [-0.15, -0.1) is 0 Å². The van der Waals surface area contributed by atoms with Crippen molar-refractivity contribution in [2.45, 2.75) is 37.5 Å². The molecule has 5 nitrogen and oxygen atoms in total. The van der Waals surface area contributed by atoms with Gasteiger partial charge in [0, 0.05) is 6.07 Å². The molecular weight excluding hydrogens is 316 g/mol. The second kappa shape index (κ2) is 6.91. The quantitative estimate of drug-likeness (QED) is 0.620. The van der Waals surface area contributed by atoms with Crippen molar-refractivity contribution in [3.63, 3.8) is 0 Å². The highest BCUT2D eigenvalue weighted by Crippen LogP contribution is 2.34. The van der Waals surface area contributed by atoms with Gasteiger partial charge in [-0.1, -0.05) is 38.5 Å². The van der Waals surface area contributed by atoms with E-state index < -0.39 is 20.8 Å². The summed E-state index contributed by atoms with van der Waals surface area (Å²) in [6.45, 7) is 4.06. The second-order valence-corrected chi connectivity index (χ2v) is 6.93. The van der Waals surface area contributed by atoms with E-state index in [1.807, 2.05) is 19.1 Å². The number of para-hydroxylation sites is 1. The van der Waals surface area contributed by atoms with E-state index >= 15 is 0 Å². The molecule has 0 aromatic heterocycles. The molecule has 0 saturated carbocycles. The van der Waals surface area contributed by atoms with Crippen molar-refractivity contribution in [2.75, 3.05) is 0 Å². The first kappa shape index (κ1) is 17.1. The average Bonchev–Trinajstić information content (AvgIpc) is 2.50. The fraction of sp³-hybridized carbons (Fsp3) is 0.294. The van der Waals surface area contributed by atoms with E-state index in [0.717, 1.165) is 30.5 Å². The zero-order chi connectivity index (χ0) is 17.0. The molecule has 2 N–H and O–H groups in total. The first-order chi connectivity index (χ1) is 10.8. The van der Waals surface area contributed by atoms with Gasteiger partial charge >= 0.3 is 10.1 Å². The highest BCUT2D eigenvalue weighted by molar-refractivity contribution is 7.87. The molecule has 0 aliphatic carbocycles. The molecule has 1 unspecified atom stereocenters. The van der Waals surface area contributed by atoms with Crippen LogP contribution in [0.5, 0.6) is 17.2 Å². The Hall–Kier alpha value is -2.21. The topological polar surface area (TPSA) is 83.8 Å². The fourth-order valence-corrected chi connectivity index (χ4v) is 3.49. The number of phenolic OH excluding ortho intramolecular Hbond substituents is 2. The molecule has 2 rings (SSSR count). The van der Waals surface area contributed by atoms with Crippen LogP contribution >= 0.6 is 0 Å². The highest BCUT2D eigenvalue weighted by Gasteiger charge is 2.24. The van der Waals surface area contributed by atoms with Crippen molar-refractivity contribution in [3.05, 3.63) is 48.0 Å². The van der Waals surface area contributed by atoms with Gasteiger partial charge < -0.3 is 14.4 Å². The summed E-state index contributed by atoms with van der Waals surface area (Å²) in [6.07, 6.45) is 1.87. The third kappa shape index (κ3) is 3.96. The maximum absolute atomic E-state index is 12.4. The number of phenols is 2. The number of hydrogen-bond donors (Lipinski definition) is 2. The van der Waals surface area contributed by atoms with Crippen LogP contribution in [0.4, 0.5) is 0 Å². The smallest absolute Gasteiger partial charge is 0.343 e. The Morgan fingerprint density at radius 1 is 1.13 bits per heavy atom. The Balaban J connectivity index is 2.40. The lowest BCUT2D eigenvalue weighted by Gasteiger charge is -2.16. The Morgan fingerprint density at radius 2 is 1.83 bits per heavy atom. The first-order valence-electron chi connectivity index (χ1n) is 7.40. The van der Waals surface area contributed by atoms with Gasteiger partial charge in [-0.05, 0) is 36.1 Å². The summed E-state index contributed by atoms with van der Waals surface area (Å²) >= 11 is 0. The van der Waals surface area contributed by atoms with Crippen molar-refractivity contribution in [1.82, 2.24) is 0 Å². The lowest BCUT2D eigenvalue weighted by atomic mass is 9.96. The summed E-state index contributed by atoms with van der Waals surface area (Å²) in [5.41, 5.74) is 0.789. The minimum atomic E-state index is -4.25. The molecule has 0 radical (unpaired) electrons. The molecular formula is C17H20O5S. The molecule has 0 fully saturated rings. The monoisotopic (exact) mass is 336 g/mol. The van der Waals surface area contributed by atoms with Gasteiger partial charge in [-0.25, -0.2) is 0 Å². The van der Waals surface area contributed by atoms with Crippen molar-refractivity contribution in [1.29, 1.82) is 0 Å². The van der Waals surface area contributed by atoms with Crippen molar-refractivity contribution in [3.8, 4) is 17.2 Å². The summed E-state index contributed by atoms with van der Waals surface area (Å²) < 4.78 is 30.1. The van der Waals surface area contributed by atoms with Gasteiger partial charge in [0.1, 0.15) is 17.2 Å². The van der Waals surface area contributed by atoms with Crippen molar-refractivity contribution < 1.29 is 22.8 Å². The van der Waals surface area contributed by atoms with Crippen LogP contribution in [-0.2, 0) is 10.1 Å². The Kier molecular flexibility index (Phi) is 5.15. The van der Waals surface area contributed by atoms with Crippen LogP contribution in [0.25, 0.3) is 0 Å². The molecule has 2 aromatic rings. The summed E-state index contributed by atoms with van der Waals surface area (Å²) in [6, 6.07) is 10.2. The Bertz CT molecular complexity index is 783. The van der Waals surface area contributed by atoms with E-state index in [-0.39, 0.29) is 17.4 Å². The largest absolute Gasteiger partial charge is 0.508 e. The maximum Gasteiger partial charge on any atom is 0.343 e. The predicted octanol–water partition coefficient (Wildman–Crippen LogP) is 3.77. The van der Waals surface area contributed by atoms with E-state index in [2.05, 4.69) is 6.92 Å². The number of benzene rings is 2. The van der Waals surface area contributed by atoms with Crippen molar-refractivity contribution in [2.24, 2.45) is 0 Å². The fourth-order valence-electron chi connectivity index (χ4n) is 2.42. The predicted molar refractivity (Wildman–Crippen MR) is 87.4 cm³/mol. The third-order valence-corrected chi connectivity index (χ3v) is 4.85. The lowest BCUT2D eigenvalue weighted by molar-refractivity contribution is 0.433. The highest BCUT2D eigenvalue weighted by atomic mass is 32.2. The standard InChI is InChI=1S/C17H20O5S/c1-3-6-12(2)14-7-4-5-8-16(14)22-23(20,21)17-11-13(18)9-10-15(17)19/h4-5,7-12,18-19H,3,6H2,1-2H3. The van der Waals surface area contributed by atoms with Gasteiger partial charge in [0.05, 0.1) is 0 Å². The first-order valence-corrected chi connectivity index (χ1v) is 8.81. The number of rotatable bonds is 6. The lowest BCUT2D eigenvalue weighted by Crippen LogP contribution is -2.12. The molecule has 0 heterocycles. The molecule has 124 valence electrons. The Morgan fingerprint density at radius 3 is 2.52 bits per heavy atom. The van der Waals surface area contributed by atoms with Gasteiger partial charge in [-0.3, -0.25) is 0 Å². The summed E-state index contributed by atoms with van der Waals surface area (Å²) in [4.78, 5) is -0.463. The van der Waals surface area contributed by atoms with Crippen LogP contribution in [0.1, 0.15) is 38.2 Å². The maximum atomic E-state index is 12.4. The third-order valence-electron chi connectivity index (χ3n) is 3.58. The van der Waals surface area contributed by atoms with Crippen LogP contribution in [0.15, 0.2) is 47.4 Å². The number of aromatic hydroxyl groups is 2. The zero-order valence-corrected chi connectivity index (χ0v) is 13.9. The molecule has 23 heavy (non-hydrogen) atoms. The summed E-state index contributed by atoms with van der Waals surface area (Å²) in [5.74, 6) is -0.361. The zero-order valence-electron chi connectivity index (χ0n) is 13.1. The van der Waals surface area contributed by atoms with E-state index in [4.69, 9.17) is 4.18 Å². The molecule has 0 aliphatic rings. The van der Waals surface area contributed by atoms with Crippen LogP contribution in [0, 0.1) is 0 Å². The molecule has 6 heteroatoms. The van der Waals surface area contributed by atoms with Gasteiger partial charge in [0.15, 0.2) is 4.90 Å². The molecule has 1 atom stereocenters. The molecule has 0 amide bonds. The minimum absolute atomic E-state index is 0.143. The molecule has 0 aliphatic heterocycles. The SMILES string of the molecule is CCCC(C)c1ccccc1OS(=O)(=O)c1cc(O)ccc1O.